The van der Waals surface area contributed by atoms with Gasteiger partial charge in [0.05, 0.1) is 21.4 Å². The highest BCUT2D eigenvalue weighted by molar-refractivity contribution is 6.28. The molecule has 0 amide bonds. The normalized spacial score (nSPS) is 12.3. The van der Waals surface area contributed by atoms with E-state index in [1.165, 1.54) is 0 Å². The second-order valence-corrected chi connectivity index (χ2v) is 5.12. The second-order valence-electron chi connectivity index (χ2n) is 5.12. The number of carbonyl (C=O) groups is 1. The Morgan fingerprint density at radius 3 is 2.14 bits per heavy atom. The van der Waals surface area contributed by atoms with Gasteiger partial charge in [-0.15, -0.1) is 0 Å². The summed E-state index contributed by atoms with van der Waals surface area (Å²) in [6.07, 6.45) is 0. The first-order valence-electron chi connectivity index (χ1n) is 6.67. The molecule has 0 heterocycles. The third-order valence-electron chi connectivity index (χ3n) is 4.01. The average Bonchev–Trinajstić information content (AvgIpc) is 2.82. The van der Waals surface area contributed by atoms with Crippen LogP contribution in [0.4, 0.5) is 5.69 Å². The molecule has 4 rings (SSSR count). The number of hydrogen-bond acceptors (Lipinski definition) is 4. The number of rotatable bonds is 1. The highest BCUT2D eigenvalue weighted by Crippen LogP contribution is 2.50. The Labute approximate surface area is 124 Å². The third kappa shape index (κ3) is 1.39. The minimum atomic E-state index is -0.490. The van der Waals surface area contributed by atoms with Crippen LogP contribution >= 0.6 is 0 Å². The van der Waals surface area contributed by atoms with Crippen molar-refractivity contribution in [3.8, 4) is 16.9 Å². The molecule has 1 aliphatic carbocycles. The van der Waals surface area contributed by atoms with Crippen molar-refractivity contribution in [1.29, 1.82) is 0 Å². The topological polar surface area (TPSA) is 80.4 Å². The van der Waals surface area contributed by atoms with Gasteiger partial charge in [0, 0.05) is 16.5 Å². The Bertz CT molecular complexity index is 991. The fourth-order valence-electron chi connectivity index (χ4n) is 3.11. The van der Waals surface area contributed by atoms with Crippen LogP contribution in [0.25, 0.3) is 21.9 Å². The second kappa shape index (κ2) is 4.14. The number of ketones is 1. The fourth-order valence-corrected chi connectivity index (χ4v) is 3.11. The van der Waals surface area contributed by atoms with E-state index in [1.807, 2.05) is 0 Å². The van der Waals surface area contributed by atoms with Crippen LogP contribution in [0.2, 0.25) is 0 Å². The first kappa shape index (κ1) is 12.5. The molecule has 0 unspecified atom stereocenters. The molecule has 5 heteroatoms. The van der Waals surface area contributed by atoms with Crippen LogP contribution in [0.15, 0.2) is 48.5 Å². The predicted octanol–water partition coefficient (Wildman–Crippen LogP) is 3.67. The predicted molar refractivity (Wildman–Crippen MR) is 81.1 cm³/mol. The zero-order valence-corrected chi connectivity index (χ0v) is 11.2. The lowest BCUT2D eigenvalue weighted by molar-refractivity contribution is -0.382. The zero-order valence-electron chi connectivity index (χ0n) is 11.2. The van der Waals surface area contributed by atoms with Crippen molar-refractivity contribution in [3.05, 3.63) is 69.8 Å². The Balaban J connectivity index is 2.29. The Kier molecular flexibility index (Phi) is 2.36. The van der Waals surface area contributed by atoms with Crippen molar-refractivity contribution < 1.29 is 14.8 Å². The van der Waals surface area contributed by atoms with E-state index >= 15 is 0 Å². The highest BCUT2D eigenvalue weighted by atomic mass is 16.6. The van der Waals surface area contributed by atoms with Crippen LogP contribution in [-0.4, -0.2) is 15.8 Å². The Morgan fingerprint density at radius 1 is 0.864 bits per heavy atom. The number of phenolic OH excluding ortho intramolecular Hbond substituents is 1. The molecule has 106 valence electrons. The molecule has 0 radical (unpaired) electrons. The molecule has 1 aliphatic rings. The van der Waals surface area contributed by atoms with E-state index in [1.54, 1.807) is 48.5 Å². The summed E-state index contributed by atoms with van der Waals surface area (Å²) >= 11 is 0. The maximum atomic E-state index is 12.5. The summed E-state index contributed by atoms with van der Waals surface area (Å²) in [4.78, 5) is 23.7. The van der Waals surface area contributed by atoms with Gasteiger partial charge in [0.1, 0.15) is 5.75 Å². The van der Waals surface area contributed by atoms with Crippen molar-refractivity contribution >= 4 is 22.2 Å². The molecule has 3 aromatic rings. The van der Waals surface area contributed by atoms with E-state index < -0.39 is 4.92 Å². The highest BCUT2D eigenvalue weighted by Gasteiger charge is 2.37. The van der Waals surface area contributed by atoms with E-state index in [9.17, 15) is 20.0 Å². The fraction of sp³-hybridized carbons (Fsp3) is 0. The Morgan fingerprint density at radius 2 is 1.45 bits per heavy atom. The molecule has 5 nitrogen and oxygen atoms in total. The summed E-state index contributed by atoms with van der Waals surface area (Å²) in [5.41, 5.74) is 0.969. The van der Waals surface area contributed by atoms with Crippen LogP contribution in [0.3, 0.4) is 0 Å². The van der Waals surface area contributed by atoms with Crippen LogP contribution in [0.5, 0.6) is 5.75 Å². The lowest BCUT2D eigenvalue weighted by atomic mass is 9.96. The largest absolute Gasteiger partial charge is 0.506 e. The molecular formula is C17H9NO4. The molecule has 0 spiro atoms. The zero-order chi connectivity index (χ0) is 15.4. The first-order valence-corrected chi connectivity index (χ1v) is 6.67. The van der Waals surface area contributed by atoms with Gasteiger partial charge >= 0.3 is 0 Å². The summed E-state index contributed by atoms with van der Waals surface area (Å²) in [6, 6.07) is 13.2. The summed E-state index contributed by atoms with van der Waals surface area (Å²) in [6.45, 7) is 0. The average molecular weight is 291 g/mol. The number of fused-ring (bicyclic) bond motifs is 4. The van der Waals surface area contributed by atoms with Crippen molar-refractivity contribution in [2.24, 2.45) is 0 Å². The van der Waals surface area contributed by atoms with Gasteiger partial charge in [0.25, 0.3) is 5.69 Å². The minimum absolute atomic E-state index is 0.0200. The smallest absolute Gasteiger partial charge is 0.286 e. The van der Waals surface area contributed by atoms with Crippen molar-refractivity contribution in [1.82, 2.24) is 0 Å². The van der Waals surface area contributed by atoms with Crippen molar-refractivity contribution in [2.45, 2.75) is 0 Å². The van der Waals surface area contributed by atoms with Gasteiger partial charge < -0.3 is 5.11 Å². The number of nitrogens with zero attached hydrogens (tertiary/aromatic N) is 1. The number of nitro benzene ring substituents is 1. The monoisotopic (exact) mass is 291 g/mol. The molecular weight excluding hydrogens is 282 g/mol. The number of nitro groups is 1. The van der Waals surface area contributed by atoms with E-state index in [-0.39, 0.29) is 28.3 Å². The minimum Gasteiger partial charge on any atom is -0.506 e. The van der Waals surface area contributed by atoms with Gasteiger partial charge in [-0.1, -0.05) is 42.5 Å². The van der Waals surface area contributed by atoms with Gasteiger partial charge in [0.2, 0.25) is 0 Å². The van der Waals surface area contributed by atoms with Crippen LogP contribution in [0.1, 0.15) is 15.9 Å². The Hall–Kier alpha value is -3.21. The SMILES string of the molecule is O=C1c2ccccc2-c2c1c(O)c1ccccc1c2[N+](=O)[O-]. The summed E-state index contributed by atoms with van der Waals surface area (Å²) < 4.78 is 0. The number of carbonyl (C=O) groups excluding carboxylic acids is 1. The lowest BCUT2D eigenvalue weighted by Gasteiger charge is -2.08. The first-order chi connectivity index (χ1) is 10.6. The quantitative estimate of drug-likeness (QED) is 0.428. The van der Waals surface area contributed by atoms with Gasteiger partial charge in [-0.3, -0.25) is 14.9 Å². The van der Waals surface area contributed by atoms with Gasteiger partial charge in [-0.2, -0.15) is 0 Å². The van der Waals surface area contributed by atoms with Crippen LogP contribution < -0.4 is 0 Å². The van der Waals surface area contributed by atoms with Crippen molar-refractivity contribution in [3.63, 3.8) is 0 Å². The van der Waals surface area contributed by atoms with Gasteiger partial charge in [-0.05, 0) is 6.07 Å². The number of phenols is 1. The number of benzene rings is 3. The van der Waals surface area contributed by atoms with Crippen LogP contribution in [-0.2, 0) is 0 Å². The maximum absolute atomic E-state index is 12.5. The van der Waals surface area contributed by atoms with Gasteiger partial charge in [-0.25, -0.2) is 0 Å². The lowest BCUT2D eigenvalue weighted by Crippen LogP contribution is -1.99. The standard InChI is InChI=1S/C17H9NO4/c19-16-11-7-3-1-5-9(11)13-14(16)17(20)12-8-4-2-6-10(12)15(13)18(21)22/h1-8,20H. The number of hydrogen-bond donors (Lipinski definition) is 1. The summed E-state index contributed by atoms with van der Waals surface area (Å²) in [5.74, 6) is -0.575. The van der Waals surface area contributed by atoms with E-state index in [4.69, 9.17) is 0 Å². The molecule has 0 aromatic heterocycles. The molecule has 0 bridgehead atoms. The maximum Gasteiger partial charge on any atom is 0.286 e. The van der Waals surface area contributed by atoms with Crippen molar-refractivity contribution in [2.75, 3.05) is 0 Å². The molecule has 0 saturated carbocycles. The molecule has 0 aliphatic heterocycles. The number of aromatic hydroxyl groups is 1. The summed E-state index contributed by atoms with van der Waals surface area (Å²) in [7, 11) is 0. The van der Waals surface area contributed by atoms with Crippen LogP contribution in [0, 0.1) is 10.1 Å². The molecule has 22 heavy (non-hydrogen) atoms. The molecule has 0 atom stereocenters. The third-order valence-corrected chi connectivity index (χ3v) is 4.01. The molecule has 0 saturated heterocycles. The molecule has 1 N–H and O–H groups in total. The molecule has 3 aromatic carbocycles. The van der Waals surface area contributed by atoms with Gasteiger partial charge in [0.15, 0.2) is 5.78 Å². The van der Waals surface area contributed by atoms with E-state index in [0.717, 1.165) is 0 Å². The summed E-state index contributed by atoms with van der Waals surface area (Å²) in [5, 5.41) is 22.7. The van der Waals surface area contributed by atoms with E-state index in [2.05, 4.69) is 0 Å². The van der Waals surface area contributed by atoms with E-state index in [0.29, 0.717) is 21.9 Å². The molecule has 0 fully saturated rings.